The second-order valence-corrected chi connectivity index (χ2v) is 3.38. The van der Waals surface area contributed by atoms with E-state index in [-0.39, 0.29) is 5.57 Å². The lowest BCUT2D eigenvalue weighted by atomic mass is 10.2. The van der Waals surface area contributed by atoms with Crippen LogP contribution in [0.2, 0.25) is 0 Å². The van der Waals surface area contributed by atoms with Crippen molar-refractivity contribution in [2.24, 2.45) is 4.99 Å². The van der Waals surface area contributed by atoms with Gasteiger partial charge in [-0.3, -0.25) is 4.99 Å². The van der Waals surface area contributed by atoms with E-state index >= 15 is 0 Å². The predicted molar refractivity (Wildman–Crippen MR) is 63.4 cm³/mol. The molecule has 0 bridgehead atoms. The molecule has 0 spiro atoms. The molecule has 0 aromatic heterocycles. The van der Waals surface area contributed by atoms with Gasteiger partial charge in [0.25, 0.3) is 0 Å². The van der Waals surface area contributed by atoms with Gasteiger partial charge in [0.05, 0.1) is 23.4 Å². The lowest BCUT2D eigenvalue weighted by Crippen LogP contribution is -2.03. The maximum Gasteiger partial charge on any atom is 0.337 e. The number of ether oxygens (including phenoxy) is 1. The molecule has 0 fully saturated rings. The van der Waals surface area contributed by atoms with Crippen molar-refractivity contribution in [3.05, 3.63) is 23.3 Å². The van der Waals surface area contributed by atoms with E-state index in [0.29, 0.717) is 10.7 Å². The van der Waals surface area contributed by atoms with E-state index < -0.39 is 5.97 Å². The number of hydrogen-bond donors (Lipinski definition) is 0. The molecule has 0 heterocycles. The van der Waals surface area contributed by atoms with Gasteiger partial charge in [0.1, 0.15) is 0 Å². The van der Waals surface area contributed by atoms with Crippen LogP contribution < -0.4 is 0 Å². The topological polar surface area (TPSA) is 38.7 Å². The van der Waals surface area contributed by atoms with Crippen LogP contribution in [0, 0.1) is 0 Å². The molecule has 0 radical (unpaired) electrons. The standard InChI is InChI=1S/C11H16ClNO2/c1-5-6-13-9(3)10(12)7-8(2)11(14)15-4/h7H,2,5-6H2,1,3-4H3. The van der Waals surface area contributed by atoms with Gasteiger partial charge in [-0.2, -0.15) is 0 Å². The van der Waals surface area contributed by atoms with Crippen molar-refractivity contribution in [1.29, 1.82) is 0 Å². The summed E-state index contributed by atoms with van der Waals surface area (Å²) in [6.45, 7) is 8.08. The first kappa shape index (κ1) is 13.9. The van der Waals surface area contributed by atoms with Crippen molar-refractivity contribution < 1.29 is 9.53 Å². The number of halogens is 1. The number of hydrogen-bond acceptors (Lipinski definition) is 3. The molecule has 0 aliphatic rings. The number of carbonyl (C=O) groups is 1. The van der Waals surface area contributed by atoms with Crippen LogP contribution in [-0.4, -0.2) is 25.3 Å². The van der Waals surface area contributed by atoms with Gasteiger partial charge >= 0.3 is 5.97 Å². The summed E-state index contributed by atoms with van der Waals surface area (Å²) in [5, 5.41) is 0.416. The normalized spacial score (nSPS) is 12.5. The Labute approximate surface area is 95.5 Å². The van der Waals surface area contributed by atoms with Crippen molar-refractivity contribution >= 4 is 23.3 Å². The fourth-order valence-corrected chi connectivity index (χ4v) is 0.994. The highest BCUT2D eigenvalue weighted by Crippen LogP contribution is 2.09. The van der Waals surface area contributed by atoms with Crippen LogP contribution in [0.1, 0.15) is 20.3 Å². The number of methoxy groups -OCH3 is 1. The summed E-state index contributed by atoms with van der Waals surface area (Å²) in [6, 6.07) is 0. The fourth-order valence-electron chi connectivity index (χ4n) is 0.802. The molecule has 0 atom stereocenters. The molecule has 0 N–H and O–H groups in total. The maximum absolute atomic E-state index is 11.0. The van der Waals surface area contributed by atoms with E-state index in [1.165, 1.54) is 13.2 Å². The molecule has 0 amide bonds. The maximum atomic E-state index is 11.0. The fraction of sp³-hybridized carbons (Fsp3) is 0.455. The minimum Gasteiger partial charge on any atom is -0.465 e. The molecule has 0 aromatic carbocycles. The predicted octanol–water partition coefficient (Wildman–Crippen LogP) is 2.71. The quantitative estimate of drug-likeness (QED) is 0.315. The van der Waals surface area contributed by atoms with Crippen LogP contribution >= 0.6 is 11.6 Å². The zero-order chi connectivity index (χ0) is 11.8. The minimum atomic E-state index is -0.489. The summed E-state index contributed by atoms with van der Waals surface area (Å²) >= 11 is 5.92. The highest BCUT2D eigenvalue weighted by atomic mass is 35.5. The molecule has 0 rings (SSSR count). The van der Waals surface area contributed by atoms with Crippen LogP contribution in [0.4, 0.5) is 0 Å². The zero-order valence-corrected chi connectivity index (χ0v) is 10.1. The van der Waals surface area contributed by atoms with Gasteiger partial charge in [-0.1, -0.05) is 25.1 Å². The van der Waals surface area contributed by atoms with E-state index in [1.807, 2.05) is 6.92 Å². The van der Waals surface area contributed by atoms with Crippen LogP contribution in [0.15, 0.2) is 28.3 Å². The van der Waals surface area contributed by atoms with Crippen molar-refractivity contribution in [3.63, 3.8) is 0 Å². The number of esters is 1. The Morgan fingerprint density at radius 2 is 2.20 bits per heavy atom. The average molecular weight is 230 g/mol. The second kappa shape index (κ2) is 7.23. The number of allylic oxidation sites excluding steroid dienone is 1. The molecular formula is C11H16ClNO2. The smallest absolute Gasteiger partial charge is 0.337 e. The summed E-state index contributed by atoms with van der Waals surface area (Å²) < 4.78 is 4.49. The van der Waals surface area contributed by atoms with E-state index in [2.05, 4.69) is 16.3 Å². The Morgan fingerprint density at radius 1 is 1.60 bits per heavy atom. The summed E-state index contributed by atoms with van der Waals surface area (Å²) in [7, 11) is 1.30. The van der Waals surface area contributed by atoms with Gasteiger partial charge in [-0.05, 0) is 19.4 Å². The van der Waals surface area contributed by atoms with Crippen molar-refractivity contribution in [2.75, 3.05) is 13.7 Å². The Hall–Kier alpha value is -1.09. The molecule has 0 saturated heterocycles. The first-order chi connectivity index (χ1) is 7.02. The third-order valence-corrected chi connectivity index (χ3v) is 2.05. The summed E-state index contributed by atoms with van der Waals surface area (Å²) in [6.07, 6.45) is 2.42. The van der Waals surface area contributed by atoms with Crippen LogP contribution in [0.5, 0.6) is 0 Å². The van der Waals surface area contributed by atoms with E-state index in [4.69, 9.17) is 11.6 Å². The van der Waals surface area contributed by atoms with E-state index in [0.717, 1.165) is 13.0 Å². The van der Waals surface area contributed by atoms with Crippen molar-refractivity contribution in [2.45, 2.75) is 20.3 Å². The van der Waals surface area contributed by atoms with Crippen molar-refractivity contribution in [1.82, 2.24) is 0 Å². The summed E-state index contributed by atoms with van der Waals surface area (Å²) in [5.41, 5.74) is 0.914. The number of nitrogens with zero attached hydrogens (tertiary/aromatic N) is 1. The van der Waals surface area contributed by atoms with Crippen molar-refractivity contribution in [3.8, 4) is 0 Å². The van der Waals surface area contributed by atoms with Gasteiger partial charge in [-0.15, -0.1) is 0 Å². The molecular weight excluding hydrogens is 214 g/mol. The lowest BCUT2D eigenvalue weighted by molar-refractivity contribution is -0.135. The Balaban J connectivity index is 4.55. The molecule has 15 heavy (non-hydrogen) atoms. The van der Waals surface area contributed by atoms with Crippen LogP contribution in [0.25, 0.3) is 0 Å². The summed E-state index contributed by atoms with van der Waals surface area (Å²) in [4.78, 5) is 15.2. The first-order valence-electron chi connectivity index (χ1n) is 4.68. The lowest BCUT2D eigenvalue weighted by Gasteiger charge is -2.00. The van der Waals surface area contributed by atoms with Gasteiger partial charge in [-0.25, -0.2) is 4.79 Å². The Kier molecular flexibility index (Phi) is 6.71. The van der Waals surface area contributed by atoms with Gasteiger partial charge in [0.15, 0.2) is 0 Å². The number of carbonyl (C=O) groups excluding carboxylic acids is 1. The van der Waals surface area contributed by atoms with Gasteiger partial charge in [0, 0.05) is 6.54 Å². The van der Waals surface area contributed by atoms with Crippen LogP contribution in [-0.2, 0) is 9.53 Å². The molecule has 0 aliphatic heterocycles. The van der Waals surface area contributed by atoms with Crippen LogP contribution in [0.3, 0.4) is 0 Å². The highest BCUT2D eigenvalue weighted by molar-refractivity contribution is 6.43. The van der Waals surface area contributed by atoms with E-state index in [1.54, 1.807) is 6.92 Å². The van der Waals surface area contributed by atoms with Gasteiger partial charge in [0.2, 0.25) is 0 Å². The van der Waals surface area contributed by atoms with Gasteiger partial charge < -0.3 is 4.74 Å². The molecule has 0 aromatic rings. The molecule has 0 unspecified atom stereocenters. The minimum absolute atomic E-state index is 0.216. The largest absolute Gasteiger partial charge is 0.465 e. The molecule has 3 nitrogen and oxygen atoms in total. The third-order valence-electron chi connectivity index (χ3n) is 1.67. The molecule has 4 heteroatoms. The van der Waals surface area contributed by atoms with E-state index in [9.17, 15) is 4.79 Å². The zero-order valence-electron chi connectivity index (χ0n) is 9.34. The molecule has 0 saturated carbocycles. The molecule has 84 valence electrons. The number of rotatable bonds is 5. The Bertz CT molecular complexity index is 306. The number of aliphatic imine (C=N–C) groups is 1. The SMILES string of the molecule is C=C(C=C(Cl)C(C)=NCCC)C(=O)OC. The first-order valence-corrected chi connectivity index (χ1v) is 5.06. The monoisotopic (exact) mass is 229 g/mol. The highest BCUT2D eigenvalue weighted by Gasteiger charge is 2.05. The third kappa shape index (κ3) is 5.37. The Morgan fingerprint density at radius 3 is 2.67 bits per heavy atom. The summed E-state index contributed by atoms with van der Waals surface area (Å²) in [5.74, 6) is -0.489. The molecule has 0 aliphatic carbocycles. The second-order valence-electron chi connectivity index (χ2n) is 2.98. The average Bonchev–Trinajstić information content (AvgIpc) is 2.24.